The van der Waals surface area contributed by atoms with Crippen molar-refractivity contribution < 1.29 is 9.84 Å². The quantitative estimate of drug-likeness (QED) is 0.650. The van der Waals surface area contributed by atoms with Crippen LogP contribution in [0.5, 0.6) is 0 Å². The van der Waals surface area contributed by atoms with Crippen LogP contribution < -0.4 is 0 Å². The largest absolute Gasteiger partial charge is 0.389 e. The van der Waals surface area contributed by atoms with Crippen LogP contribution in [0.4, 0.5) is 0 Å². The van der Waals surface area contributed by atoms with Gasteiger partial charge in [-0.2, -0.15) is 10.5 Å². The van der Waals surface area contributed by atoms with E-state index < -0.39 is 28.1 Å². The van der Waals surface area contributed by atoms with Crippen molar-refractivity contribution in [3.63, 3.8) is 0 Å². The second-order valence-corrected chi connectivity index (χ2v) is 10.9. The molecule has 3 rings (SSSR count). The molecule has 0 spiro atoms. The van der Waals surface area contributed by atoms with E-state index in [0.717, 1.165) is 32.1 Å². The summed E-state index contributed by atoms with van der Waals surface area (Å²) in [5, 5.41) is 30.9. The van der Waals surface area contributed by atoms with Crippen molar-refractivity contribution in [2.45, 2.75) is 95.3 Å². The van der Waals surface area contributed by atoms with Gasteiger partial charge in [-0.05, 0) is 90.9 Å². The maximum Gasteiger partial charge on any atom is 0.0796 e. The Morgan fingerprint density at radius 1 is 0.963 bits per heavy atom. The lowest BCUT2D eigenvalue weighted by Crippen LogP contribution is -2.62. The summed E-state index contributed by atoms with van der Waals surface area (Å²) in [4.78, 5) is 0. The lowest BCUT2D eigenvalue weighted by Gasteiger charge is -2.60. The Morgan fingerprint density at radius 2 is 1.59 bits per heavy atom. The SMILES string of the molecule is CC1(C)O[C@@](C)([C@H]2CC[C@](C)(C#N)[C@H]3CC[C@@](C)(O)[C@H](C#N)[C@@H]32)CC[C@H]1Cl. The van der Waals surface area contributed by atoms with Gasteiger partial charge < -0.3 is 9.84 Å². The second-order valence-electron chi connectivity index (χ2n) is 10.4. The smallest absolute Gasteiger partial charge is 0.0796 e. The van der Waals surface area contributed by atoms with Crippen LogP contribution in [-0.4, -0.2) is 27.3 Å². The van der Waals surface area contributed by atoms with E-state index in [-0.39, 0.29) is 23.1 Å². The molecule has 27 heavy (non-hydrogen) atoms. The molecule has 1 aliphatic heterocycles. The van der Waals surface area contributed by atoms with Crippen LogP contribution >= 0.6 is 11.6 Å². The molecule has 0 radical (unpaired) electrons. The van der Waals surface area contributed by atoms with E-state index in [1.165, 1.54) is 0 Å². The number of alkyl halides is 1. The van der Waals surface area contributed by atoms with Crippen LogP contribution in [-0.2, 0) is 4.74 Å². The monoisotopic (exact) mass is 392 g/mol. The molecule has 0 bridgehead atoms. The Morgan fingerprint density at radius 3 is 2.15 bits per heavy atom. The number of hydrogen-bond acceptors (Lipinski definition) is 4. The molecule has 0 aromatic rings. The zero-order valence-corrected chi connectivity index (χ0v) is 18.0. The number of fused-ring (bicyclic) bond motifs is 1. The first-order valence-corrected chi connectivity index (χ1v) is 10.7. The van der Waals surface area contributed by atoms with E-state index in [9.17, 15) is 15.6 Å². The molecule has 150 valence electrons. The van der Waals surface area contributed by atoms with Gasteiger partial charge in [0.25, 0.3) is 0 Å². The number of nitriles is 2. The normalized spacial score (nSPS) is 52.3. The van der Waals surface area contributed by atoms with Crippen LogP contribution in [0, 0.1) is 51.7 Å². The Bertz CT molecular complexity index is 679. The van der Waals surface area contributed by atoms with Gasteiger partial charge in [0.05, 0.1) is 45.7 Å². The van der Waals surface area contributed by atoms with Gasteiger partial charge in [0.15, 0.2) is 0 Å². The van der Waals surface area contributed by atoms with Crippen LogP contribution in [0.1, 0.15) is 73.1 Å². The van der Waals surface area contributed by atoms with Crippen molar-refractivity contribution in [2.75, 3.05) is 0 Å². The summed E-state index contributed by atoms with van der Waals surface area (Å²) in [5.74, 6) is -0.261. The van der Waals surface area contributed by atoms with Crippen molar-refractivity contribution in [2.24, 2.45) is 29.1 Å². The Kier molecular flexibility index (Phi) is 5.13. The summed E-state index contributed by atoms with van der Waals surface area (Å²) in [6.07, 6.45) is 4.75. The van der Waals surface area contributed by atoms with Crippen molar-refractivity contribution in [1.82, 2.24) is 0 Å². The molecule has 1 N–H and O–H groups in total. The molecule has 3 fully saturated rings. The highest BCUT2D eigenvalue weighted by Crippen LogP contribution is 2.61. The number of rotatable bonds is 1. The first-order chi connectivity index (χ1) is 12.4. The number of halogens is 1. The number of nitrogens with zero attached hydrogens (tertiary/aromatic N) is 2. The average Bonchev–Trinajstić information content (AvgIpc) is 2.57. The third-order valence-corrected chi connectivity index (χ3v) is 8.81. The summed E-state index contributed by atoms with van der Waals surface area (Å²) < 4.78 is 6.62. The van der Waals surface area contributed by atoms with E-state index in [4.69, 9.17) is 16.3 Å². The molecule has 0 amide bonds. The second kappa shape index (κ2) is 6.62. The topological polar surface area (TPSA) is 77.0 Å². The van der Waals surface area contributed by atoms with Crippen LogP contribution in [0.2, 0.25) is 0 Å². The molecule has 0 unspecified atom stereocenters. The van der Waals surface area contributed by atoms with E-state index in [1.54, 1.807) is 6.92 Å². The minimum atomic E-state index is -1.02. The van der Waals surface area contributed by atoms with Gasteiger partial charge in [-0.25, -0.2) is 0 Å². The summed E-state index contributed by atoms with van der Waals surface area (Å²) >= 11 is 6.52. The highest BCUT2D eigenvalue weighted by Gasteiger charge is 2.61. The summed E-state index contributed by atoms with van der Waals surface area (Å²) in [5.41, 5.74) is -2.28. The fourth-order valence-electron chi connectivity index (χ4n) is 6.35. The van der Waals surface area contributed by atoms with Gasteiger partial charge in [0.2, 0.25) is 0 Å². The third kappa shape index (κ3) is 3.29. The van der Waals surface area contributed by atoms with Crippen LogP contribution in [0.3, 0.4) is 0 Å². The van der Waals surface area contributed by atoms with E-state index in [2.05, 4.69) is 19.1 Å². The summed E-state index contributed by atoms with van der Waals surface area (Å²) in [7, 11) is 0. The Labute approximate surface area is 168 Å². The maximum atomic E-state index is 11.0. The third-order valence-electron chi connectivity index (χ3n) is 8.06. The van der Waals surface area contributed by atoms with Crippen LogP contribution in [0.15, 0.2) is 0 Å². The summed E-state index contributed by atoms with van der Waals surface area (Å²) in [6, 6.07) is 4.99. The molecular weight excluding hydrogens is 360 g/mol. The fraction of sp³-hybridized carbons (Fsp3) is 0.909. The minimum absolute atomic E-state index is 0.0319. The van der Waals surface area contributed by atoms with Gasteiger partial charge in [-0.3, -0.25) is 0 Å². The zero-order chi connectivity index (χ0) is 20.3. The standard InChI is InChI=1S/C22H33ClN2O2/c1-19(2)17(23)8-11-22(5,27-19)15-6-9-20(3,13-25)14-7-10-21(4,26)16(12-24)18(14)15/h14-18,26H,6-11H2,1-5H3/t14-,15-,16+,17+,18-,20+,21+,22+/m0/s1. The Balaban J connectivity index is 2.03. The minimum Gasteiger partial charge on any atom is -0.389 e. The number of aliphatic hydroxyl groups is 1. The molecular formula is C22H33ClN2O2. The predicted molar refractivity (Wildman–Crippen MR) is 105 cm³/mol. The molecule has 4 nitrogen and oxygen atoms in total. The molecule has 2 saturated carbocycles. The highest BCUT2D eigenvalue weighted by molar-refractivity contribution is 6.21. The molecule has 0 aromatic carbocycles. The maximum absolute atomic E-state index is 11.0. The molecule has 0 aromatic heterocycles. The van der Waals surface area contributed by atoms with E-state index in [1.807, 2.05) is 20.8 Å². The lowest BCUT2D eigenvalue weighted by atomic mass is 9.47. The average molecular weight is 393 g/mol. The first-order valence-electron chi connectivity index (χ1n) is 10.3. The molecule has 8 atom stereocenters. The molecule has 5 heteroatoms. The molecule has 1 heterocycles. The van der Waals surface area contributed by atoms with E-state index in [0.29, 0.717) is 6.42 Å². The van der Waals surface area contributed by atoms with Gasteiger partial charge >= 0.3 is 0 Å². The highest BCUT2D eigenvalue weighted by atomic mass is 35.5. The van der Waals surface area contributed by atoms with Crippen molar-refractivity contribution in [3.8, 4) is 12.1 Å². The van der Waals surface area contributed by atoms with Crippen molar-refractivity contribution >= 4 is 11.6 Å². The van der Waals surface area contributed by atoms with Gasteiger partial charge in [0.1, 0.15) is 0 Å². The number of ether oxygens (including phenoxy) is 1. The van der Waals surface area contributed by atoms with Gasteiger partial charge in [-0.1, -0.05) is 0 Å². The fourth-order valence-corrected chi connectivity index (χ4v) is 6.50. The zero-order valence-electron chi connectivity index (χ0n) is 17.3. The van der Waals surface area contributed by atoms with E-state index >= 15 is 0 Å². The van der Waals surface area contributed by atoms with Crippen molar-refractivity contribution in [3.05, 3.63) is 0 Å². The van der Waals surface area contributed by atoms with Crippen molar-refractivity contribution in [1.29, 1.82) is 10.5 Å². The van der Waals surface area contributed by atoms with Gasteiger partial charge in [-0.15, -0.1) is 11.6 Å². The molecule has 2 aliphatic carbocycles. The molecule has 3 aliphatic rings. The van der Waals surface area contributed by atoms with Gasteiger partial charge in [0, 0.05) is 0 Å². The van der Waals surface area contributed by atoms with Crippen LogP contribution in [0.25, 0.3) is 0 Å². The predicted octanol–water partition coefficient (Wildman–Crippen LogP) is 4.80. The Hall–Kier alpha value is -0.810. The number of hydrogen-bond donors (Lipinski definition) is 1. The lowest BCUT2D eigenvalue weighted by molar-refractivity contribution is -0.226. The molecule has 1 saturated heterocycles. The summed E-state index contributed by atoms with van der Waals surface area (Å²) in [6.45, 7) is 10.1. The first kappa shape index (κ1) is 20.9.